The number of carbonyl (C=O) groups excluding carboxylic acids is 2. The Kier molecular flexibility index (Phi) is 5.91. The summed E-state index contributed by atoms with van der Waals surface area (Å²) in [7, 11) is 0. The average molecular weight is 355 g/mol. The average Bonchev–Trinajstić information content (AvgIpc) is 2.92. The number of rotatable bonds is 6. The first-order valence-electron chi connectivity index (χ1n) is 6.96. The fourth-order valence-corrected chi connectivity index (χ4v) is 2.39. The second-order valence-electron chi connectivity index (χ2n) is 4.94. The lowest BCUT2D eigenvalue weighted by Gasteiger charge is -2.11. The van der Waals surface area contributed by atoms with Crippen LogP contribution >= 0.6 is 11.8 Å². The third kappa shape index (κ3) is 5.05. The van der Waals surface area contributed by atoms with Gasteiger partial charge in [0.2, 0.25) is 11.8 Å². The standard InChI is InChI=1S/C15H15F2N3O3S/c1-8-5-13(20-23-8)19-15(22)9(2)24-7-14(21)18-12-4-3-10(16)6-11(12)17/h3-6,9H,7H2,1-2H3,(H,18,21)(H,19,20,22). The molecule has 1 atom stereocenters. The molecule has 1 unspecified atom stereocenters. The van der Waals surface area contributed by atoms with Crippen molar-refractivity contribution in [1.29, 1.82) is 0 Å². The van der Waals surface area contributed by atoms with Crippen molar-refractivity contribution in [2.75, 3.05) is 16.4 Å². The highest BCUT2D eigenvalue weighted by Crippen LogP contribution is 2.17. The number of halogens is 2. The molecule has 1 heterocycles. The molecule has 1 aromatic carbocycles. The number of carbonyl (C=O) groups is 2. The molecule has 0 spiro atoms. The van der Waals surface area contributed by atoms with E-state index in [-0.39, 0.29) is 17.3 Å². The van der Waals surface area contributed by atoms with Crippen LogP contribution in [-0.4, -0.2) is 28.0 Å². The van der Waals surface area contributed by atoms with Gasteiger partial charge in [0.25, 0.3) is 0 Å². The fraction of sp³-hybridized carbons (Fsp3) is 0.267. The predicted octanol–water partition coefficient (Wildman–Crippen LogP) is 2.96. The van der Waals surface area contributed by atoms with Gasteiger partial charge in [0.05, 0.1) is 16.7 Å². The largest absolute Gasteiger partial charge is 0.360 e. The summed E-state index contributed by atoms with van der Waals surface area (Å²) in [4.78, 5) is 23.7. The zero-order chi connectivity index (χ0) is 17.7. The second kappa shape index (κ2) is 7.91. The van der Waals surface area contributed by atoms with Crippen LogP contribution < -0.4 is 10.6 Å². The van der Waals surface area contributed by atoms with E-state index in [9.17, 15) is 18.4 Å². The van der Waals surface area contributed by atoms with Crippen LogP contribution in [0, 0.1) is 18.6 Å². The van der Waals surface area contributed by atoms with Crippen LogP contribution in [0.3, 0.4) is 0 Å². The van der Waals surface area contributed by atoms with Crippen LogP contribution in [0.5, 0.6) is 0 Å². The first kappa shape index (κ1) is 17.9. The van der Waals surface area contributed by atoms with E-state index in [0.29, 0.717) is 17.6 Å². The number of benzene rings is 1. The van der Waals surface area contributed by atoms with E-state index in [0.717, 1.165) is 23.9 Å². The SMILES string of the molecule is Cc1cc(NC(=O)C(C)SCC(=O)Nc2ccc(F)cc2F)no1. The summed E-state index contributed by atoms with van der Waals surface area (Å²) in [5.41, 5.74) is -0.114. The van der Waals surface area contributed by atoms with Crippen molar-refractivity contribution < 1.29 is 22.9 Å². The van der Waals surface area contributed by atoms with E-state index in [4.69, 9.17) is 4.52 Å². The molecule has 2 rings (SSSR count). The quantitative estimate of drug-likeness (QED) is 0.832. The Labute approximate surface area is 141 Å². The van der Waals surface area contributed by atoms with E-state index in [1.54, 1.807) is 19.9 Å². The summed E-state index contributed by atoms with van der Waals surface area (Å²) < 4.78 is 31.1. The molecule has 128 valence electrons. The number of hydrogen-bond donors (Lipinski definition) is 2. The predicted molar refractivity (Wildman–Crippen MR) is 86.8 cm³/mol. The van der Waals surface area contributed by atoms with Gasteiger partial charge in [-0.3, -0.25) is 9.59 Å². The summed E-state index contributed by atoms with van der Waals surface area (Å²) in [6.07, 6.45) is 0. The van der Waals surface area contributed by atoms with E-state index in [2.05, 4.69) is 15.8 Å². The van der Waals surface area contributed by atoms with Gasteiger partial charge in [0, 0.05) is 12.1 Å². The van der Waals surface area contributed by atoms with E-state index in [1.165, 1.54) is 0 Å². The number of anilines is 2. The third-order valence-corrected chi connectivity index (χ3v) is 4.06. The van der Waals surface area contributed by atoms with Gasteiger partial charge in [0.15, 0.2) is 5.82 Å². The highest BCUT2D eigenvalue weighted by molar-refractivity contribution is 8.01. The van der Waals surface area contributed by atoms with Gasteiger partial charge < -0.3 is 15.2 Å². The topological polar surface area (TPSA) is 84.2 Å². The maximum absolute atomic E-state index is 13.4. The minimum Gasteiger partial charge on any atom is -0.360 e. The normalized spacial score (nSPS) is 11.8. The lowest BCUT2D eigenvalue weighted by molar-refractivity contribution is -0.115. The minimum absolute atomic E-state index is 0.0662. The molecule has 2 aromatic rings. The smallest absolute Gasteiger partial charge is 0.238 e. The second-order valence-corrected chi connectivity index (χ2v) is 6.27. The molecule has 1 aromatic heterocycles. The Bertz CT molecular complexity index is 751. The lowest BCUT2D eigenvalue weighted by atomic mass is 10.3. The molecule has 0 bridgehead atoms. The van der Waals surface area contributed by atoms with Gasteiger partial charge >= 0.3 is 0 Å². The van der Waals surface area contributed by atoms with Crippen molar-refractivity contribution in [3.05, 3.63) is 41.7 Å². The van der Waals surface area contributed by atoms with Gasteiger partial charge in [-0.15, -0.1) is 11.8 Å². The molecular formula is C15H15F2N3O3S. The van der Waals surface area contributed by atoms with E-state index >= 15 is 0 Å². The summed E-state index contributed by atoms with van der Waals surface area (Å²) in [5.74, 6) is -1.64. The van der Waals surface area contributed by atoms with Gasteiger partial charge in [-0.1, -0.05) is 5.16 Å². The molecular weight excluding hydrogens is 340 g/mol. The van der Waals surface area contributed by atoms with Crippen molar-refractivity contribution in [1.82, 2.24) is 5.16 Å². The van der Waals surface area contributed by atoms with E-state index < -0.39 is 22.8 Å². The molecule has 0 fully saturated rings. The van der Waals surface area contributed by atoms with Crippen molar-refractivity contribution in [2.45, 2.75) is 19.1 Å². The van der Waals surface area contributed by atoms with Crippen LogP contribution in [0.2, 0.25) is 0 Å². The lowest BCUT2D eigenvalue weighted by Crippen LogP contribution is -2.25. The maximum atomic E-state index is 13.4. The molecule has 0 saturated heterocycles. The zero-order valence-corrected chi connectivity index (χ0v) is 13.7. The monoisotopic (exact) mass is 355 g/mol. The van der Waals surface area contributed by atoms with Crippen molar-refractivity contribution >= 4 is 35.1 Å². The Morgan fingerprint density at radius 3 is 2.67 bits per heavy atom. The van der Waals surface area contributed by atoms with Gasteiger partial charge in [-0.25, -0.2) is 8.78 Å². The first-order chi connectivity index (χ1) is 11.3. The number of hydrogen-bond acceptors (Lipinski definition) is 5. The van der Waals surface area contributed by atoms with E-state index in [1.807, 2.05) is 0 Å². The summed E-state index contributed by atoms with van der Waals surface area (Å²) in [6, 6.07) is 4.43. The van der Waals surface area contributed by atoms with Crippen molar-refractivity contribution in [3.8, 4) is 0 Å². The van der Waals surface area contributed by atoms with Gasteiger partial charge in [-0.2, -0.15) is 0 Å². The highest BCUT2D eigenvalue weighted by Gasteiger charge is 2.17. The van der Waals surface area contributed by atoms with Crippen LogP contribution in [0.25, 0.3) is 0 Å². The molecule has 9 heteroatoms. The molecule has 2 N–H and O–H groups in total. The highest BCUT2D eigenvalue weighted by atomic mass is 32.2. The zero-order valence-electron chi connectivity index (χ0n) is 12.9. The summed E-state index contributed by atoms with van der Waals surface area (Å²) in [6.45, 7) is 3.32. The summed E-state index contributed by atoms with van der Waals surface area (Å²) >= 11 is 1.07. The number of nitrogens with one attached hydrogen (secondary N) is 2. The molecule has 2 amide bonds. The van der Waals surface area contributed by atoms with Gasteiger partial charge in [-0.05, 0) is 26.0 Å². The van der Waals surface area contributed by atoms with Crippen LogP contribution in [0.15, 0.2) is 28.8 Å². The Morgan fingerprint density at radius 1 is 1.29 bits per heavy atom. The Balaban J connectivity index is 1.81. The van der Waals surface area contributed by atoms with Crippen LogP contribution in [0.1, 0.15) is 12.7 Å². The molecule has 24 heavy (non-hydrogen) atoms. The minimum atomic E-state index is -0.861. The third-order valence-electron chi connectivity index (χ3n) is 2.92. The number of amides is 2. The van der Waals surface area contributed by atoms with Gasteiger partial charge in [0.1, 0.15) is 17.4 Å². The van der Waals surface area contributed by atoms with Crippen LogP contribution in [0.4, 0.5) is 20.3 Å². The van der Waals surface area contributed by atoms with Crippen molar-refractivity contribution in [3.63, 3.8) is 0 Å². The van der Waals surface area contributed by atoms with Crippen LogP contribution in [-0.2, 0) is 9.59 Å². The molecule has 0 radical (unpaired) electrons. The first-order valence-corrected chi connectivity index (χ1v) is 8.00. The Morgan fingerprint density at radius 2 is 2.04 bits per heavy atom. The number of aromatic nitrogens is 1. The maximum Gasteiger partial charge on any atom is 0.238 e. The van der Waals surface area contributed by atoms with Crippen molar-refractivity contribution in [2.24, 2.45) is 0 Å². The summed E-state index contributed by atoms with van der Waals surface area (Å²) in [5, 5.41) is 7.98. The molecule has 0 aliphatic rings. The molecule has 0 saturated carbocycles. The Hall–Kier alpha value is -2.42. The number of thioether (sulfide) groups is 1. The number of nitrogens with zero attached hydrogens (tertiary/aromatic N) is 1. The fourth-order valence-electron chi connectivity index (χ4n) is 1.71. The molecule has 0 aliphatic heterocycles. The molecule has 0 aliphatic carbocycles. The molecule has 6 nitrogen and oxygen atoms in total. The number of aryl methyl sites for hydroxylation is 1.